The van der Waals surface area contributed by atoms with Crippen LogP contribution in [0.4, 0.5) is 5.69 Å². The predicted molar refractivity (Wildman–Crippen MR) is 81.0 cm³/mol. The van der Waals surface area contributed by atoms with Gasteiger partial charge in [0.2, 0.25) is 5.91 Å². The van der Waals surface area contributed by atoms with Crippen molar-refractivity contribution in [3.63, 3.8) is 0 Å². The van der Waals surface area contributed by atoms with Gasteiger partial charge in [-0.2, -0.15) is 0 Å². The molecule has 0 bridgehead atoms. The average Bonchev–Trinajstić information content (AvgIpc) is 2.89. The van der Waals surface area contributed by atoms with Crippen molar-refractivity contribution in [1.82, 2.24) is 9.55 Å². The number of aromatic nitrogens is 2. The van der Waals surface area contributed by atoms with Crippen LogP contribution in [-0.2, 0) is 18.3 Å². The first-order chi connectivity index (χ1) is 9.75. The number of anilines is 1. The Bertz CT molecular complexity index is 623. The molecule has 0 saturated heterocycles. The monoisotopic (exact) mass is 287 g/mol. The number of carbonyl (C=O) groups is 1. The average molecular weight is 287 g/mol. The summed E-state index contributed by atoms with van der Waals surface area (Å²) in [6.45, 7) is 0.816. The van der Waals surface area contributed by atoms with Gasteiger partial charge in [-0.1, -0.05) is 30.0 Å². The zero-order valence-corrected chi connectivity index (χ0v) is 12.3. The van der Waals surface area contributed by atoms with Crippen LogP contribution in [0, 0.1) is 0 Å². The van der Waals surface area contributed by atoms with Crippen molar-refractivity contribution in [2.75, 3.05) is 17.2 Å². The first kappa shape index (κ1) is 13.2. The largest absolute Gasteiger partial charge is 0.329 e. The molecular formula is C15H17N3OS. The second-order valence-electron chi connectivity index (χ2n) is 4.89. The fraction of sp³-hybridized carbons (Fsp3) is 0.333. The van der Waals surface area contributed by atoms with Crippen LogP contribution < -0.4 is 4.90 Å². The van der Waals surface area contributed by atoms with Crippen molar-refractivity contribution in [3.05, 3.63) is 42.2 Å². The van der Waals surface area contributed by atoms with E-state index in [1.165, 1.54) is 17.3 Å². The number of imidazole rings is 1. The number of hydrogen-bond donors (Lipinski definition) is 0. The fourth-order valence-electron chi connectivity index (χ4n) is 2.49. The number of aryl methyl sites for hydroxylation is 2. The Morgan fingerprint density at radius 3 is 3.05 bits per heavy atom. The molecule has 0 radical (unpaired) electrons. The van der Waals surface area contributed by atoms with Gasteiger partial charge in [-0.3, -0.25) is 4.79 Å². The van der Waals surface area contributed by atoms with Gasteiger partial charge in [0.1, 0.15) is 0 Å². The van der Waals surface area contributed by atoms with Gasteiger partial charge in [0.15, 0.2) is 5.16 Å². The van der Waals surface area contributed by atoms with Crippen molar-refractivity contribution in [2.24, 2.45) is 7.05 Å². The third kappa shape index (κ3) is 2.58. The fourth-order valence-corrected chi connectivity index (χ4v) is 3.30. The van der Waals surface area contributed by atoms with Crippen molar-refractivity contribution in [3.8, 4) is 0 Å². The Labute approximate surface area is 122 Å². The highest BCUT2D eigenvalue weighted by Crippen LogP contribution is 2.27. The standard InChI is InChI=1S/C15H17N3OS/c1-17-10-8-16-15(17)20-11-14(19)18-9-4-6-12-5-2-3-7-13(12)18/h2-3,5,7-8,10H,4,6,9,11H2,1H3. The van der Waals surface area contributed by atoms with E-state index in [9.17, 15) is 4.79 Å². The van der Waals surface area contributed by atoms with E-state index in [4.69, 9.17) is 0 Å². The number of hydrogen-bond acceptors (Lipinski definition) is 3. The Morgan fingerprint density at radius 2 is 2.25 bits per heavy atom. The highest BCUT2D eigenvalue weighted by atomic mass is 32.2. The molecule has 3 rings (SSSR count). The summed E-state index contributed by atoms with van der Waals surface area (Å²) in [5.41, 5.74) is 2.35. The molecule has 0 spiro atoms. The van der Waals surface area contributed by atoms with E-state index in [-0.39, 0.29) is 5.91 Å². The molecule has 0 fully saturated rings. The number of rotatable bonds is 3. The second-order valence-corrected chi connectivity index (χ2v) is 5.83. The molecular weight excluding hydrogens is 270 g/mol. The minimum atomic E-state index is 0.158. The van der Waals surface area contributed by atoms with E-state index in [0.717, 1.165) is 30.2 Å². The third-order valence-corrected chi connectivity index (χ3v) is 4.56. The number of carbonyl (C=O) groups excluding carboxylic acids is 1. The maximum absolute atomic E-state index is 12.4. The van der Waals surface area contributed by atoms with Crippen molar-refractivity contribution < 1.29 is 4.79 Å². The maximum atomic E-state index is 12.4. The normalized spacial score (nSPS) is 14.2. The zero-order valence-electron chi connectivity index (χ0n) is 11.5. The van der Waals surface area contributed by atoms with Gasteiger partial charge in [-0.25, -0.2) is 4.98 Å². The number of nitrogens with zero attached hydrogens (tertiary/aromatic N) is 3. The van der Waals surface area contributed by atoms with Gasteiger partial charge >= 0.3 is 0 Å². The van der Waals surface area contributed by atoms with Crippen LogP contribution in [0.5, 0.6) is 0 Å². The summed E-state index contributed by atoms with van der Waals surface area (Å²) in [6, 6.07) is 8.18. The molecule has 1 aromatic heterocycles. The Morgan fingerprint density at radius 1 is 1.40 bits per heavy atom. The quantitative estimate of drug-likeness (QED) is 0.814. The highest BCUT2D eigenvalue weighted by molar-refractivity contribution is 7.99. The van der Waals surface area contributed by atoms with Crippen LogP contribution in [0.15, 0.2) is 41.8 Å². The molecule has 1 amide bonds. The minimum absolute atomic E-state index is 0.158. The molecule has 1 aromatic carbocycles. The summed E-state index contributed by atoms with van der Waals surface area (Å²) < 4.78 is 1.93. The first-order valence-corrected chi connectivity index (χ1v) is 7.72. The Kier molecular flexibility index (Phi) is 3.78. The third-order valence-electron chi connectivity index (χ3n) is 3.51. The van der Waals surface area contributed by atoms with E-state index >= 15 is 0 Å². The highest BCUT2D eigenvalue weighted by Gasteiger charge is 2.22. The lowest BCUT2D eigenvalue weighted by molar-refractivity contribution is -0.116. The van der Waals surface area contributed by atoms with Gasteiger partial charge in [0.05, 0.1) is 5.75 Å². The first-order valence-electron chi connectivity index (χ1n) is 6.74. The molecule has 0 aliphatic carbocycles. The van der Waals surface area contributed by atoms with Crippen LogP contribution in [-0.4, -0.2) is 27.8 Å². The van der Waals surface area contributed by atoms with Crippen molar-refractivity contribution in [2.45, 2.75) is 18.0 Å². The molecule has 20 heavy (non-hydrogen) atoms. The summed E-state index contributed by atoms with van der Waals surface area (Å²) >= 11 is 1.49. The van der Waals surface area contributed by atoms with Gasteiger partial charge in [-0.05, 0) is 24.5 Å². The molecule has 0 N–H and O–H groups in total. The molecule has 0 atom stereocenters. The van der Waals surface area contributed by atoms with Gasteiger partial charge in [0, 0.05) is 31.7 Å². The van der Waals surface area contributed by atoms with E-state index in [2.05, 4.69) is 11.1 Å². The van der Waals surface area contributed by atoms with E-state index < -0.39 is 0 Å². The van der Waals surface area contributed by atoms with Gasteiger partial charge in [-0.15, -0.1) is 0 Å². The van der Waals surface area contributed by atoms with Crippen LogP contribution in [0.1, 0.15) is 12.0 Å². The lowest BCUT2D eigenvalue weighted by Crippen LogP contribution is -2.36. The summed E-state index contributed by atoms with van der Waals surface area (Å²) in [7, 11) is 1.94. The lowest BCUT2D eigenvalue weighted by Gasteiger charge is -2.29. The van der Waals surface area contributed by atoms with Crippen LogP contribution in [0.3, 0.4) is 0 Å². The van der Waals surface area contributed by atoms with Crippen LogP contribution in [0.2, 0.25) is 0 Å². The topological polar surface area (TPSA) is 38.1 Å². The SMILES string of the molecule is Cn1ccnc1SCC(=O)N1CCCc2ccccc21. The second kappa shape index (κ2) is 5.71. The Hall–Kier alpha value is -1.75. The van der Waals surface area contributed by atoms with E-state index in [1.54, 1.807) is 6.20 Å². The number of para-hydroxylation sites is 1. The lowest BCUT2D eigenvalue weighted by atomic mass is 10.0. The molecule has 4 nitrogen and oxygen atoms in total. The molecule has 104 valence electrons. The molecule has 0 saturated carbocycles. The number of thioether (sulfide) groups is 1. The molecule has 2 aromatic rings. The summed E-state index contributed by atoms with van der Waals surface area (Å²) in [5, 5.41) is 0.878. The van der Waals surface area contributed by atoms with Gasteiger partial charge in [0.25, 0.3) is 0 Å². The summed E-state index contributed by atoms with van der Waals surface area (Å²) in [5.74, 6) is 0.587. The molecule has 1 aliphatic rings. The van der Waals surface area contributed by atoms with Crippen molar-refractivity contribution >= 4 is 23.4 Å². The van der Waals surface area contributed by atoms with Gasteiger partial charge < -0.3 is 9.47 Å². The smallest absolute Gasteiger partial charge is 0.237 e. The number of fused-ring (bicyclic) bond motifs is 1. The van der Waals surface area contributed by atoms with Crippen LogP contribution in [0.25, 0.3) is 0 Å². The summed E-state index contributed by atoms with van der Waals surface area (Å²) in [6.07, 6.45) is 5.74. The predicted octanol–water partition coefficient (Wildman–Crippen LogP) is 2.49. The minimum Gasteiger partial charge on any atom is -0.329 e. The number of amides is 1. The van der Waals surface area contributed by atoms with Crippen molar-refractivity contribution in [1.29, 1.82) is 0 Å². The van der Waals surface area contributed by atoms with Crippen LogP contribution >= 0.6 is 11.8 Å². The van der Waals surface area contributed by atoms with E-state index in [1.807, 2.05) is 40.9 Å². The summed E-state index contributed by atoms with van der Waals surface area (Å²) in [4.78, 5) is 18.6. The van der Waals surface area contributed by atoms with E-state index in [0.29, 0.717) is 5.75 Å². The molecule has 0 unspecified atom stereocenters. The Balaban J connectivity index is 1.71. The maximum Gasteiger partial charge on any atom is 0.237 e. The molecule has 1 aliphatic heterocycles. The molecule has 5 heteroatoms. The number of benzene rings is 1. The zero-order chi connectivity index (χ0) is 13.9. The molecule has 2 heterocycles.